The molecule has 1 atom stereocenters. The molecule has 106 valence electrons. The Labute approximate surface area is 129 Å². The SMILES string of the molecule is CCCNc1ccc(Cl)cc1[C@H](O)c1ccccc1Cl. The Morgan fingerprint density at radius 1 is 1.10 bits per heavy atom. The van der Waals surface area contributed by atoms with Gasteiger partial charge in [-0.05, 0) is 30.7 Å². The molecule has 4 heteroatoms. The summed E-state index contributed by atoms with van der Waals surface area (Å²) >= 11 is 12.2. The molecule has 2 nitrogen and oxygen atoms in total. The van der Waals surface area contributed by atoms with Crippen LogP contribution < -0.4 is 5.32 Å². The fourth-order valence-corrected chi connectivity index (χ4v) is 2.46. The van der Waals surface area contributed by atoms with Crippen molar-refractivity contribution in [1.82, 2.24) is 0 Å². The van der Waals surface area contributed by atoms with Crippen molar-refractivity contribution in [3.63, 3.8) is 0 Å². The van der Waals surface area contributed by atoms with E-state index in [9.17, 15) is 5.11 Å². The molecule has 0 bridgehead atoms. The summed E-state index contributed by atoms with van der Waals surface area (Å²) in [6.07, 6.45) is 0.200. The molecular formula is C16H17Cl2NO. The summed E-state index contributed by atoms with van der Waals surface area (Å²) in [4.78, 5) is 0. The van der Waals surface area contributed by atoms with E-state index in [1.165, 1.54) is 0 Å². The molecule has 0 saturated carbocycles. The van der Waals surface area contributed by atoms with Gasteiger partial charge < -0.3 is 10.4 Å². The van der Waals surface area contributed by atoms with Crippen molar-refractivity contribution in [2.45, 2.75) is 19.4 Å². The van der Waals surface area contributed by atoms with E-state index in [-0.39, 0.29) is 0 Å². The predicted molar refractivity (Wildman–Crippen MR) is 85.7 cm³/mol. The van der Waals surface area contributed by atoms with Gasteiger partial charge >= 0.3 is 0 Å². The van der Waals surface area contributed by atoms with E-state index in [2.05, 4.69) is 12.2 Å². The molecule has 0 unspecified atom stereocenters. The minimum atomic E-state index is -0.804. The maximum absolute atomic E-state index is 10.6. The lowest BCUT2D eigenvalue weighted by molar-refractivity contribution is 0.221. The van der Waals surface area contributed by atoms with Crippen LogP contribution >= 0.6 is 23.2 Å². The second kappa shape index (κ2) is 6.98. The van der Waals surface area contributed by atoms with Crippen LogP contribution in [0.15, 0.2) is 42.5 Å². The summed E-state index contributed by atoms with van der Waals surface area (Å²) in [5, 5.41) is 15.0. The number of benzene rings is 2. The summed E-state index contributed by atoms with van der Waals surface area (Å²) in [6.45, 7) is 2.93. The number of hydrogen-bond acceptors (Lipinski definition) is 2. The first-order valence-corrected chi connectivity index (χ1v) is 7.35. The van der Waals surface area contributed by atoms with E-state index in [1.54, 1.807) is 12.1 Å². The van der Waals surface area contributed by atoms with Crippen LogP contribution in [0.2, 0.25) is 10.0 Å². The van der Waals surface area contributed by atoms with Crippen LogP contribution in [-0.2, 0) is 0 Å². The van der Waals surface area contributed by atoms with E-state index >= 15 is 0 Å². The number of halogens is 2. The third-order valence-corrected chi connectivity index (χ3v) is 3.65. The lowest BCUT2D eigenvalue weighted by Gasteiger charge is -2.18. The molecule has 0 radical (unpaired) electrons. The smallest absolute Gasteiger partial charge is 0.108 e. The van der Waals surface area contributed by atoms with E-state index in [0.717, 1.165) is 24.2 Å². The highest BCUT2D eigenvalue weighted by atomic mass is 35.5. The number of rotatable bonds is 5. The first-order valence-electron chi connectivity index (χ1n) is 6.59. The van der Waals surface area contributed by atoms with E-state index in [4.69, 9.17) is 23.2 Å². The van der Waals surface area contributed by atoms with Crippen LogP contribution in [0.5, 0.6) is 0 Å². The Balaban J connectivity index is 2.40. The third kappa shape index (κ3) is 3.45. The topological polar surface area (TPSA) is 32.3 Å². The second-order valence-electron chi connectivity index (χ2n) is 4.58. The highest BCUT2D eigenvalue weighted by Gasteiger charge is 2.17. The Kier molecular flexibility index (Phi) is 5.30. The summed E-state index contributed by atoms with van der Waals surface area (Å²) in [5.74, 6) is 0. The minimum absolute atomic E-state index is 0.543. The van der Waals surface area contributed by atoms with Gasteiger partial charge in [-0.3, -0.25) is 0 Å². The van der Waals surface area contributed by atoms with Gasteiger partial charge in [-0.15, -0.1) is 0 Å². The fourth-order valence-electron chi connectivity index (χ4n) is 2.04. The summed E-state index contributed by atoms with van der Waals surface area (Å²) in [7, 11) is 0. The predicted octanol–water partition coefficient (Wildman–Crippen LogP) is 4.90. The molecule has 0 aliphatic rings. The zero-order valence-electron chi connectivity index (χ0n) is 11.2. The van der Waals surface area contributed by atoms with E-state index in [1.807, 2.05) is 30.3 Å². The van der Waals surface area contributed by atoms with Gasteiger partial charge in [0.25, 0.3) is 0 Å². The highest BCUT2D eigenvalue weighted by Crippen LogP contribution is 2.33. The molecule has 0 saturated heterocycles. The zero-order chi connectivity index (χ0) is 14.5. The van der Waals surface area contributed by atoms with Crippen molar-refractivity contribution in [2.24, 2.45) is 0 Å². The first-order chi connectivity index (χ1) is 9.63. The average Bonchev–Trinajstić information content (AvgIpc) is 2.46. The zero-order valence-corrected chi connectivity index (χ0v) is 12.7. The minimum Gasteiger partial charge on any atom is -0.385 e. The normalized spacial score (nSPS) is 12.2. The van der Waals surface area contributed by atoms with Crippen LogP contribution in [0.3, 0.4) is 0 Å². The van der Waals surface area contributed by atoms with Crippen molar-refractivity contribution in [1.29, 1.82) is 0 Å². The van der Waals surface area contributed by atoms with Crippen LogP contribution in [0.4, 0.5) is 5.69 Å². The summed E-state index contributed by atoms with van der Waals surface area (Å²) in [5.41, 5.74) is 2.29. The molecule has 0 aromatic heterocycles. The number of aliphatic hydroxyl groups is 1. The standard InChI is InChI=1S/C16H17Cl2NO/c1-2-9-19-15-8-7-11(17)10-13(15)16(20)12-5-3-4-6-14(12)18/h3-8,10,16,19-20H,2,9H2,1H3/t16-/m1/s1. The van der Waals surface area contributed by atoms with Gasteiger partial charge in [0.15, 0.2) is 0 Å². The third-order valence-electron chi connectivity index (χ3n) is 3.07. The van der Waals surface area contributed by atoms with Crippen molar-refractivity contribution in [3.8, 4) is 0 Å². The Morgan fingerprint density at radius 3 is 2.55 bits per heavy atom. The van der Waals surface area contributed by atoms with Crippen LogP contribution in [0.1, 0.15) is 30.6 Å². The quantitative estimate of drug-likeness (QED) is 0.823. The van der Waals surface area contributed by atoms with Gasteiger partial charge in [0.1, 0.15) is 6.10 Å². The highest BCUT2D eigenvalue weighted by molar-refractivity contribution is 6.31. The van der Waals surface area contributed by atoms with E-state index < -0.39 is 6.10 Å². The Hall–Kier alpha value is -1.22. The number of anilines is 1. The Bertz CT molecular complexity index is 586. The lowest BCUT2D eigenvalue weighted by atomic mass is 9.99. The van der Waals surface area contributed by atoms with Crippen molar-refractivity contribution < 1.29 is 5.11 Å². The largest absolute Gasteiger partial charge is 0.385 e. The summed E-state index contributed by atoms with van der Waals surface area (Å²) < 4.78 is 0. The first kappa shape index (κ1) is 15.2. The molecule has 2 N–H and O–H groups in total. The van der Waals surface area contributed by atoms with Crippen molar-refractivity contribution in [2.75, 3.05) is 11.9 Å². The van der Waals surface area contributed by atoms with Gasteiger partial charge in [0.2, 0.25) is 0 Å². The molecule has 0 aliphatic carbocycles. The summed E-state index contributed by atoms with van der Waals surface area (Å²) in [6, 6.07) is 12.7. The van der Waals surface area contributed by atoms with Gasteiger partial charge in [0, 0.05) is 33.4 Å². The average molecular weight is 310 g/mol. The molecule has 0 spiro atoms. The van der Waals surface area contributed by atoms with Crippen molar-refractivity contribution >= 4 is 28.9 Å². The molecule has 2 rings (SSSR count). The molecule has 0 fully saturated rings. The molecular weight excluding hydrogens is 293 g/mol. The maximum atomic E-state index is 10.6. The number of hydrogen-bond donors (Lipinski definition) is 2. The lowest BCUT2D eigenvalue weighted by Crippen LogP contribution is -2.08. The van der Waals surface area contributed by atoms with Crippen LogP contribution in [0.25, 0.3) is 0 Å². The number of nitrogens with one attached hydrogen (secondary N) is 1. The van der Waals surface area contributed by atoms with E-state index in [0.29, 0.717) is 15.6 Å². The molecule has 2 aromatic rings. The van der Waals surface area contributed by atoms with Gasteiger partial charge in [-0.2, -0.15) is 0 Å². The molecule has 2 aromatic carbocycles. The molecule has 0 aliphatic heterocycles. The molecule has 20 heavy (non-hydrogen) atoms. The number of aliphatic hydroxyl groups excluding tert-OH is 1. The van der Waals surface area contributed by atoms with Crippen molar-refractivity contribution in [3.05, 3.63) is 63.6 Å². The monoisotopic (exact) mass is 309 g/mol. The van der Waals surface area contributed by atoms with Crippen LogP contribution in [0, 0.1) is 0 Å². The molecule has 0 amide bonds. The fraction of sp³-hybridized carbons (Fsp3) is 0.250. The van der Waals surface area contributed by atoms with Gasteiger partial charge in [-0.25, -0.2) is 0 Å². The van der Waals surface area contributed by atoms with Gasteiger partial charge in [-0.1, -0.05) is 48.3 Å². The van der Waals surface area contributed by atoms with Gasteiger partial charge in [0.05, 0.1) is 0 Å². The second-order valence-corrected chi connectivity index (χ2v) is 5.43. The molecule has 0 heterocycles. The Morgan fingerprint density at radius 2 is 1.85 bits per heavy atom. The van der Waals surface area contributed by atoms with Crippen LogP contribution in [-0.4, -0.2) is 11.7 Å². The maximum Gasteiger partial charge on any atom is 0.108 e.